The van der Waals surface area contributed by atoms with Crippen LogP contribution in [0.3, 0.4) is 0 Å². The molecule has 1 amide bonds. The number of carboxylic acids is 1. The van der Waals surface area contributed by atoms with Crippen LogP contribution in [-0.2, 0) is 14.0 Å². The Morgan fingerprint density at radius 2 is 1.72 bits per heavy atom. The lowest BCUT2D eigenvalue weighted by molar-refractivity contribution is -0.149. The third-order valence-electron chi connectivity index (χ3n) is 5.01. The van der Waals surface area contributed by atoms with Crippen LogP contribution in [0.2, 0.25) is 18.1 Å². The lowest BCUT2D eigenvalue weighted by atomic mass is 9.93. The molecule has 0 aromatic rings. The number of ether oxygens (including phenoxy) is 1. The molecule has 7 heteroatoms. The molecule has 1 aliphatic rings. The number of piperidine rings is 1. The monoisotopic (exact) mass is 373 g/mol. The van der Waals surface area contributed by atoms with Gasteiger partial charge >= 0.3 is 12.1 Å². The maximum atomic E-state index is 12.3. The zero-order valence-electron chi connectivity index (χ0n) is 17.0. The Balaban J connectivity index is 2.87. The van der Waals surface area contributed by atoms with Gasteiger partial charge in [0.05, 0.1) is 0 Å². The summed E-state index contributed by atoms with van der Waals surface area (Å²) < 4.78 is 11.6. The van der Waals surface area contributed by atoms with Crippen LogP contribution in [0, 0.1) is 5.92 Å². The minimum atomic E-state index is -2.22. The number of nitrogens with zero attached hydrogens (tertiary/aromatic N) is 1. The van der Waals surface area contributed by atoms with Crippen LogP contribution < -0.4 is 0 Å². The quantitative estimate of drug-likeness (QED) is 0.751. The molecule has 1 aliphatic heterocycles. The molecule has 0 saturated carbocycles. The molecule has 6 nitrogen and oxygen atoms in total. The average molecular weight is 374 g/mol. The molecule has 1 fully saturated rings. The van der Waals surface area contributed by atoms with Gasteiger partial charge in [-0.15, -0.1) is 0 Å². The molecule has 1 heterocycles. The number of hydrogen-bond donors (Lipinski definition) is 1. The number of amides is 1. The van der Waals surface area contributed by atoms with Gasteiger partial charge in [0, 0.05) is 19.0 Å². The molecule has 2 atom stereocenters. The van der Waals surface area contributed by atoms with E-state index in [0.29, 0.717) is 13.1 Å². The van der Waals surface area contributed by atoms with E-state index < -0.39 is 26.0 Å². The van der Waals surface area contributed by atoms with E-state index in [4.69, 9.17) is 9.16 Å². The molecule has 0 aliphatic carbocycles. The van der Waals surface area contributed by atoms with Crippen molar-refractivity contribution in [2.75, 3.05) is 13.1 Å². The third-order valence-corrected chi connectivity index (χ3v) is 9.46. The number of carbonyl (C=O) groups is 2. The zero-order valence-corrected chi connectivity index (χ0v) is 18.0. The fraction of sp³-hybridized carbons (Fsp3) is 0.889. The Bertz CT molecular complexity index is 493. The Hall–Kier alpha value is -1.08. The lowest BCUT2D eigenvalue weighted by Gasteiger charge is -2.42. The van der Waals surface area contributed by atoms with Crippen molar-refractivity contribution >= 4 is 20.4 Å². The summed E-state index contributed by atoms with van der Waals surface area (Å²) in [6.07, 6.45) is 0.235. The van der Waals surface area contributed by atoms with Gasteiger partial charge in [-0.05, 0) is 51.7 Å². The van der Waals surface area contributed by atoms with Gasteiger partial charge in [0.15, 0.2) is 8.32 Å². The highest BCUT2D eigenvalue weighted by Crippen LogP contribution is 2.39. The van der Waals surface area contributed by atoms with Gasteiger partial charge < -0.3 is 19.2 Å². The molecule has 0 bridgehead atoms. The van der Waals surface area contributed by atoms with Crippen molar-refractivity contribution in [1.29, 1.82) is 0 Å². The van der Waals surface area contributed by atoms with Crippen molar-refractivity contribution in [2.45, 2.75) is 84.2 Å². The van der Waals surface area contributed by atoms with Crippen LogP contribution in [-0.4, -0.2) is 55.2 Å². The molecule has 25 heavy (non-hydrogen) atoms. The van der Waals surface area contributed by atoms with Crippen LogP contribution in [0.1, 0.15) is 54.4 Å². The van der Waals surface area contributed by atoms with E-state index in [2.05, 4.69) is 33.9 Å². The van der Waals surface area contributed by atoms with Crippen LogP contribution in [0.15, 0.2) is 0 Å². The summed E-state index contributed by atoms with van der Waals surface area (Å²) in [6, 6.07) is 0. The van der Waals surface area contributed by atoms with E-state index in [0.717, 1.165) is 12.8 Å². The van der Waals surface area contributed by atoms with Crippen molar-refractivity contribution in [2.24, 2.45) is 5.92 Å². The van der Waals surface area contributed by atoms with E-state index in [1.54, 1.807) is 4.90 Å². The zero-order chi connectivity index (χ0) is 19.6. The molecule has 0 aromatic heterocycles. The second-order valence-corrected chi connectivity index (χ2v) is 14.2. The fourth-order valence-electron chi connectivity index (χ4n) is 2.59. The number of carbonyl (C=O) groups excluding carboxylic acids is 1. The number of rotatable bonds is 4. The van der Waals surface area contributed by atoms with Crippen molar-refractivity contribution in [3.8, 4) is 0 Å². The highest BCUT2D eigenvalue weighted by Gasteiger charge is 2.44. The van der Waals surface area contributed by atoms with Gasteiger partial charge in [0.25, 0.3) is 0 Å². The summed E-state index contributed by atoms with van der Waals surface area (Å²) in [5.74, 6) is -1.16. The molecule has 0 aromatic carbocycles. The largest absolute Gasteiger partial charge is 0.479 e. The normalized spacial score (nSPS) is 21.0. The van der Waals surface area contributed by atoms with Crippen LogP contribution in [0.4, 0.5) is 4.79 Å². The topological polar surface area (TPSA) is 76.1 Å². The summed E-state index contributed by atoms with van der Waals surface area (Å²) in [7, 11) is -2.22. The smallest absolute Gasteiger partial charge is 0.410 e. The Morgan fingerprint density at radius 3 is 2.16 bits per heavy atom. The highest BCUT2D eigenvalue weighted by atomic mass is 28.4. The minimum Gasteiger partial charge on any atom is -0.479 e. The van der Waals surface area contributed by atoms with Crippen LogP contribution >= 0.6 is 0 Å². The molecule has 1 N–H and O–H groups in total. The maximum absolute atomic E-state index is 12.3. The first kappa shape index (κ1) is 22.0. The second-order valence-electron chi connectivity index (χ2n) is 9.47. The molecule has 1 unspecified atom stereocenters. The molecular formula is C18H35NO5Si. The van der Waals surface area contributed by atoms with Gasteiger partial charge in [0.2, 0.25) is 0 Å². The summed E-state index contributed by atoms with van der Waals surface area (Å²) in [6.45, 7) is 16.8. The summed E-state index contributed by atoms with van der Waals surface area (Å²) in [5, 5.41) is 9.66. The van der Waals surface area contributed by atoms with Gasteiger partial charge in [-0.25, -0.2) is 9.59 Å². The number of likely N-dealkylation sites (tertiary alicyclic amines) is 1. The van der Waals surface area contributed by atoms with Gasteiger partial charge in [-0.3, -0.25) is 0 Å². The first-order valence-electron chi connectivity index (χ1n) is 9.02. The fourth-order valence-corrected chi connectivity index (χ4v) is 3.87. The standard InChI is InChI=1S/C18H35NO5Si/c1-17(2,3)23-16(22)19-11-9-10-13(12-19)14(15(20)21)24-25(7,8)18(4,5)6/h13-14H,9-12H2,1-8H3,(H,20,21)/t13-,14?/m1/s1. The predicted molar refractivity (Wildman–Crippen MR) is 100 cm³/mol. The first-order valence-corrected chi connectivity index (χ1v) is 11.9. The van der Waals surface area contributed by atoms with E-state index in [1.165, 1.54) is 0 Å². The minimum absolute atomic E-state index is 0.0692. The van der Waals surface area contributed by atoms with Gasteiger partial charge in [-0.1, -0.05) is 20.8 Å². The van der Waals surface area contributed by atoms with Crippen molar-refractivity contribution in [1.82, 2.24) is 4.90 Å². The van der Waals surface area contributed by atoms with E-state index in [-0.39, 0.29) is 17.0 Å². The maximum Gasteiger partial charge on any atom is 0.410 e. The van der Waals surface area contributed by atoms with Crippen LogP contribution in [0.25, 0.3) is 0 Å². The van der Waals surface area contributed by atoms with Crippen LogP contribution in [0.5, 0.6) is 0 Å². The SMILES string of the molecule is CC(C)(C)OC(=O)N1CCC[C@@H](C(O[Si](C)(C)C(C)(C)C)C(=O)O)C1. The van der Waals surface area contributed by atoms with E-state index in [1.807, 2.05) is 20.8 Å². The predicted octanol–water partition coefficient (Wildman–Crippen LogP) is 4.11. The van der Waals surface area contributed by atoms with Gasteiger partial charge in [-0.2, -0.15) is 0 Å². The Kier molecular flexibility index (Phi) is 6.73. The summed E-state index contributed by atoms with van der Waals surface area (Å²) >= 11 is 0. The molecule has 0 spiro atoms. The number of aliphatic carboxylic acids is 1. The molecular weight excluding hydrogens is 338 g/mol. The molecule has 146 valence electrons. The Morgan fingerprint density at radius 1 is 1.16 bits per heavy atom. The van der Waals surface area contributed by atoms with Crippen molar-refractivity contribution < 1.29 is 23.9 Å². The average Bonchev–Trinajstić information content (AvgIpc) is 2.41. The molecule has 1 rings (SSSR count). The number of hydrogen-bond acceptors (Lipinski definition) is 4. The van der Waals surface area contributed by atoms with E-state index >= 15 is 0 Å². The van der Waals surface area contributed by atoms with Gasteiger partial charge in [0.1, 0.15) is 11.7 Å². The summed E-state index contributed by atoms with van der Waals surface area (Å²) in [4.78, 5) is 25.8. The van der Waals surface area contributed by atoms with E-state index in [9.17, 15) is 14.7 Å². The molecule has 0 radical (unpaired) electrons. The number of carboxylic acid groups (broad SMARTS) is 1. The van der Waals surface area contributed by atoms with Crippen molar-refractivity contribution in [3.63, 3.8) is 0 Å². The first-order chi connectivity index (χ1) is 11.1. The third kappa shape index (κ3) is 6.29. The second kappa shape index (κ2) is 7.66. The van der Waals surface area contributed by atoms with Crippen molar-refractivity contribution in [3.05, 3.63) is 0 Å². The summed E-state index contributed by atoms with van der Waals surface area (Å²) in [5.41, 5.74) is -0.562. The lowest BCUT2D eigenvalue weighted by Crippen LogP contribution is -2.52. The molecule has 1 saturated heterocycles. The highest BCUT2D eigenvalue weighted by molar-refractivity contribution is 6.74. The Labute approximate surface area is 153 Å².